The highest BCUT2D eigenvalue weighted by molar-refractivity contribution is 7.13. The summed E-state index contributed by atoms with van der Waals surface area (Å²) in [6.45, 7) is 21.7. The third-order valence-electron chi connectivity index (χ3n) is 20.2. The lowest BCUT2D eigenvalue weighted by molar-refractivity contribution is -0.150. The number of aromatic nitrogens is 4. The Labute approximate surface area is 577 Å². The minimum Gasteiger partial charge on any atom is -0.496 e. The number of aromatic amines is 1. The first kappa shape index (κ1) is 73.6. The van der Waals surface area contributed by atoms with Gasteiger partial charge in [-0.15, -0.1) is 35.8 Å². The molecule has 5 aliphatic rings. The SMILES string of the molecule is C=CCCCCCCC(=O)[C@@H]1C[C@@H](O)C[C@H]1C(=O)N[C@]1(C(=O)OCC)C[C@H]1C=C.COc1ccc2c(=O)cc(-c3nc(C(C)C)cs3)[nH]c2c1C.COc1ccc2c(O[C@H]3C[C@H]4C(=O)CCCCCC/C=C\C5C[C@@]5(C(=O)O)CC(=O)[C@@H]4C3)cc(-c3nc(C(C)C)cs3)nc2c1C. The van der Waals surface area contributed by atoms with Gasteiger partial charge in [0.2, 0.25) is 5.91 Å². The van der Waals surface area contributed by atoms with Gasteiger partial charge >= 0.3 is 11.9 Å². The van der Waals surface area contributed by atoms with Crippen molar-refractivity contribution in [2.24, 2.45) is 40.9 Å². The number of carbonyl (C=O) groups is 6. The van der Waals surface area contributed by atoms with Crippen LogP contribution in [0.5, 0.6) is 17.2 Å². The zero-order valence-corrected chi connectivity index (χ0v) is 59.4. The van der Waals surface area contributed by atoms with Crippen molar-refractivity contribution in [3.05, 3.63) is 117 Å². The number of carboxylic acids is 1. The normalized spacial score (nSPS) is 24.9. The highest BCUT2D eigenvalue weighted by Gasteiger charge is 2.63. The zero-order chi connectivity index (χ0) is 69.9. The molecule has 0 aliphatic heterocycles. The number of pyridine rings is 2. The Hall–Kier alpha value is -7.68. The standard InChI is InChI=1S/C37H44N2O6S.C23H35NO5.C17H18N2O2S/c1-21(2)29-20-46-35(39-29)28-17-33(25-13-14-32(44-4)22(3)34(25)38-28)45-24-15-26-27(16-24)31(41)19-37(36(42)43)18-23(37)11-9-7-5-6-8-10-12-30(26)40;1-4-7-8-9-10-11-12-20(26)18-13-17(25)14-19(18)21(27)24-23(15-16(23)5-2)22(28)29-6-3;1-9(2)13-8-22-17(19-13)12-7-14(20)11-5-6-15(21-4)10(3)16(11)18-12/h9,11,13-14,17,20-21,23-24,26-27H,5-8,10,12,15-16,18-19H2,1-4H3,(H,42,43);4-5,16-19,25H,1-2,6-15H2,3H3,(H,24,27);5-9H,1-4H3,(H,18,20)/b11-9-;;/t23?,24-,26+,27+,37+;16-,17-,18-,19-,23-;/m01./s1. The number of aliphatic hydroxyl groups is 1. The fourth-order valence-corrected chi connectivity index (χ4v) is 16.1. The summed E-state index contributed by atoms with van der Waals surface area (Å²) in [6, 6.07) is 11.0. The maximum Gasteiger partial charge on any atom is 0.332 e. The summed E-state index contributed by atoms with van der Waals surface area (Å²) in [5, 5.41) is 30.3. The molecule has 97 heavy (non-hydrogen) atoms. The number of hydrogen-bond donors (Lipinski definition) is 4. The van der Waals surface area contributed by atoms with Gasteiger partial charge in [0.1, 0.15) is 62.0 Å². The van der Waals surface area contributed by atoms with E-state index in [0.717, 1.165) is 130 Å². The molecule has 18 nitrogen and oxygen atoms in total. The zero-order valence-electron chi connectivity index (χ0n) is 57.8. The number of aliphatic carboxylic acids is 1. The number of aliphatic hydroxyl groups excluding tert-OH is 1. The molecule has 0 spiro atoms. The quantitative estimate of drug-likeness (QED) is 0.0280. The van der Waals surface area contributed by atoms with E-state index in [2.05, 4.69) is 67.6 Å². The number of nitrogens with zero attached hydrogens (tertiary/aromatic N) is 3. The van der Waals surface area contributed by atoms with E-state index < -0.39 is 52.7 Å². The number of carboxylic acid groups (broad SMARTS) is 1. The number of allylic oxidation sites excluding steroid dienone is 3. The molecular weight excluding hydrogens is 1270 g/mol. The molecule has 4 saturated carbocycles. The lowest BCUT2D eigenvalue weighted by Gasteiger charge is -2.22. The summed E-state index contributed by atoms with van der Waals surface area (Å²) < 4.78 is 22.8. The van der Waals surface area contributed by atoms with Gasteiger partial charge in [-0.05, 0) is 140 Å². The molecule has 0 radical (unpaired) electrons. The van der Waals surface area contributed by atoms with Crippen LogP contribution in [0.15, 0.2) is 89.4 Å². The van der Waals surface area contributed by atoms with E-state index >= 15 is 0 Å². The molecule has 10 atom stereocenters. The molecular formula is C77H97N5O13S2. The minimum absolute atomic E-state index is 0.00389. The summed E-state index contributed by atoms with van der Waals surface area (Å²) in [5.74, 6) is -1.34. The van der Waals surface area contributed by atoms with Crippen molar-refractivity contribution in [1.29, 1.82) is 0 Å². The van der Waals surface area contributed by atoms with E-state index in [4.69, 9.17) is 28.9 Å². The smallest absolute Gasteiger partial charge is 0.332 e. The average molecular weight is 1360 g/mol. The predicted molar refractivity (Wildman–Crippen MR) is 381 cm³/mol. The fraction of sp³-hybridized carbons (Fsp3) is 0.532. The van der Waals surface area contributed by atoms with Crippen LogP contribution >= 0.6 is 22.7 Å². The molecule has 20 heteroatoms. The van der Waals surface area contributed by atoms with Crippen molar-refractivity contribution in [3.63, 3.8) is 0 Å². The Bertz CT molecular complexity index is 3960. The maximum atomic E-state index is 13.9. The number of methoxy groups -OCH3 is 2. The van der Waals surface area contributed by atoms with E-state index in [9.17, 15) is 43.8 Å². The minimum atomic E-state index is -1.07. The first-order valence-electron chi connectivity index (χ1n) is 34.7. The third kappa shape index (κ3) is 17.1. The molecule has 0 bridgehead atoms. The molecule has 1 amide bonds. The number of unbranched alkanes of at least 4 members (excludes halogenated alkanes) is 4. The molecule has 6 aromatic rings. The Morgan fingerprint density at radius 1 is 0.773 bits per heavy atom. The van der Waals surface area contributed by atoms with Crippen LogP contribution < -0.4 is 25.0 Å². The van der Waals surface area contributed by atoms with Gasteiger partial charge in [-0.2, -0.15) is 0 Å². The molecule has 520 valence electrons. The van der Waals surface area contributed by atoms with Crippen LogP contribution in [0, 0.1) is 54.8 Å². The predicted octanol–water partition coefficient (Wildman–Crippen LogP) is 15.3. The van der Waals surface area contributed by atoms with Gasteiger partial charge in [0.25, 0.3) is 0 Å². The van der Waals surface area contributed by atoms with Gasteiger partial charge in [-0.1, -0.05) is 77.7 Å². The second kappa shape index (κ2) is 32.8. The van der Waals surface area contributed by atoms with Gasteiger partial charge in [-0.25, -0.2) is 19.7 Å². The highest BCUT2D eigenvalue weighted by Crippen LogP contribution is 2.58. The van der Waals surface area contributed by atoms with E-state index in [1.807, 2.05) is 55.6 Å². The first-order valence-corrected chi connectivity index (χ1v) is 36.4. The summed E-state index contributed by atoms with van der Waals surface area (Å²) in [4.78, 5) is 108. The topological polar surface area (TPSA) is 263 Å². The first-order chi connectivity index (χ1) is 46.5. The summed E-state index contributed by atoms with van der Waals surface area (Å²) >= 11 is 3.09. The lowest BCUT2D eigenvalue weighted by Crippen LogP contribution is -2.49. The number of fused-ring (bicyclic) bond motifs is 4. The molecule has 1 unspecified atom stereocenters. The fourth-order valence-electron chi connectivity index (χ4n) is 14.2. The molecule has 11 rings (SSSR count). The number of rotatable bonds is 22. The van der Waals surface area contributed by atoms with Crippen molar-refractivity contribution in [2.45, 2.75) is 200 Å². The van der Waals surface area contributed by atoms with E-state index in [-0.39, 0.29) is 72.0 Å². The average Bonchev–Trinajstić information content (AvgIpc) is 1.62. The second-order valence-corrected chi connectivity index (χ2v) is 29.3. The Kier molecular flexibility index (Phi) is 24.9. The van der Waals surface area contributed by atoms with Crippen LogP contribution in [-0.2, 0) is 33.5 Å². The third-order valence-corrected chi connectivity index (χ3v) is 22.0. The number of benzene rings is 2. The van der Waals surface area contributed by atoms with Gasteiger partial charge in [-0.3, -0.25) is 28.8 Å². The maximum absolute atomic E-state index is 13.9. The van der Waals surface area contributed by atoms with E-state index in [0.29, 0.717) is 67.7 Å². The van der Waals surface area contributed by atoms with Crippen LogP contribution in [0.3, 0.4) is 0 Å². The number of H-pyrrole nitrogens is 1. The molecule has 0 saturated heterocycles. The second-order valence-electron chi connectivity index (χ2n) is 27.6. The number of esters is 1. The van der Waals surface area contributed by atoms with Crippen molar-refractivity contribution < 1.29 is 57.9 Å². The molecule has 4 N–H and O–H groups in total. The number of aryl methyl sites for hydroxylation is 2. The van der Waals surface area contributed by atoms with Gasteiger partial charge < -0.3 is 39.5 Å². The van der Waals surface area contributed by atoms with E-state index in [1.165, 1.54) is 0 Å². The molecule has 4 fully saturated rings. The van der Waals surface area contributed by atoms with Crippen LogP contribution in [0.4, 0.5) is 0 Å². The number of nitrogens with one attached hydrogen (secondary N) is 2. The van der Waals surface area contributed by atoms with Crippen LogP contribution in [0.2, 0.25) is 0 Å². The van der Waals surface area contributed by atoms with Gasteiger partial charge in [0.15, 0.2) is 5.43 Å². The number of ether oxygens (including phenoxy) is 4. The molecule has 4 aromatic heterocycles. The Morgan fingerprint density at radius 2 is 1.42 bits per heavy atom. The van der Waals surface area contributed by atoms with Crippen molar-refractivity contribution in [3.8, 4) is 38.7 Å². The highest BCUT2D eigenvalue weighted by atomic mass is 32.1. The summed E-state index contributed by atoms with van der Waals surface area (Å²) in [6.07, 6.45) is 19.3. The number of amides is 1. The number of hydrogen-bond acceptors (Lipinski definition) is 17. The van der Waals surface area contributed by atoms with Crippen LogP contribution in [0.25, 0.3) is 43.2 Å². The Morgan fingerprint density at radius 3 is 2.07 bits per heavy atom. The van der Waals surface area contributed by atoms with Crippen molar-refractivity contribution in [1.82, 2.24) is 25.3 Å². The lowest BCUT2D eigenvalue weighted by atomic mass is 9.82. The number of carbonyl (C=O) groups excluding carboxylic acids is 5. The monoisotopic (exact) mass is 1360 g/mol. The largest absolute Gasteiger partial charge is 0.496 e. The molecule has 5 aliphatic carbocycles. The van der Waals surface area contributed by atoms with Gasteiger partial charge in [0.05, 0.1) is 66.4 Å². The van der Waals surface area contributed by atoms with Gasteiger partial charge in [0, 0.05) is 87.7 Å². The summed E-state index contributed by atoms with van der Waals surface area (Å²) in [7, 11) is 3.27. The van der Waals surface area contributed by atoms with Crippen LogP contribution in [0.1, 0.15) is 191 Å². The molecule has 4 heterocycles. The Balaban J connectivity index is 0.000000185. The van der Waals surface area contributed by atoms with Crippen molar-refractivity contribution in [2.75, 3.05) is 20.8 Å². The van der Waals surface area contributed by atoms with E-state index in [1.54, 1.807) is 62.0 Å². The number of thiazole rings is 2. The molecule has 2 aromatic carbocycles. The number of Topliss-reactive ketones (excluding diaryl/α,β-unsaturated/α-hetero) is 3. The number of ketones is 3. The van der Waals surface area contributed by atoms with Crippen LogP contribution in [-0.4, -0.2) is 104 Å². The van der Waals surface area contributed by atoms with Crippen molar-refractivity contribution >= 4 is 79.7 Å². The summed E-state index contributed by atoms with van der Waals surface area (Å²) in [5.41, 5.74) is 4.75.